The zero-order valence-electron chi connectivity index (χ0n) is 15.6. The number of rotatable bonds is 4. The van der Waals surface area contributed by atoms with Crippen molar-refractivity contribution in [3.05, 3.63) is 113 Å². The van der Waals surface area contributed by atoms with E-state index in [0.29, 0.717) is 23.9 Å². The first-order valence-corrected chi connectivity index (χ1v) is 9.41. The molecule has 0 saturated heterocycles. The number of hydrogen-bond acceptors (Lipinski definition) is 4. The molecule has 1 N–H and O–H groups in total. The molecule has 2 heterocycles. The summed E-state index contributed by atoms with van der Waals surface area (Å²) >= 11 is 0. The van der Waals surface area contributed by atoms with Gasteiger partial charge in [-0.15, -0.1) is 0 Å². The second kappa shape index (κ2) is 7.20. The van der Waals surface area contributed by atoms with E-state index in [9.17, 15) is 5.11 Å². The third-order valence-electron chi connectivity index (χ3n) is 4.80. The van der Waals surface area contributed by atoms with Crippen molar-refractivity contribution in [3.63, 3.8) is 0 Å². The van der Waals surface area contributed by atoms with Gasteiger partial charge in [0, 0.05) is 11.6 Å². The summed E-state index contributed by atoms with van der Waals surface area (Å²) in [7, 11) is 0. The van der Waals surface area contributed by atoms with Gasteiger partial charge in [-0.25, -0.2) is 15.0 Å². The number of nitrogens with zero attached hydrogens (tertiary/aromatic N) is 4. The van der Waals surface area contributed by atoms with Crippen LogP contribution >= 0.6 is 0 Å². The Morgan fingerprint density at radius 3 is 2.00 bits per heavy atom. The summed E-state index contributed by atoms with van der Waals surface area (Å²) in [6.45, 7) is 0.515. The molecule has 0 fully saturated rings. The first-order valence-electron chi connectivity index (χ1n) is 9.41. The molecule has 4 aromatic rings. The van der Waals surface area contributed by atoms with Crippen LogP contribution in [0, 0.1) is 0 Å². The van der Waals surface area contributed by atoms with Crippen molar-refractivity contribution >= 4 is 6.08 Å². The molecule has 5 heteroatoms. The molecule has 3 aromatic carbocycles. The standard InChI is InChI=1S/C24H18N4O/c29-24-21(15-22-25-19-13-7-8-14-20(19)26-22)27-23(18-11-5-2-6-12-18)28(24)16-17-9-3-1-4-10-17/h1-15,29H,16H2. The van der Waals surface area contributed by atoms with E-state index in [1.165, 1.54) is 0 Å². The molecular weight excluding hydrogens is 360 g/mol. The number of hydrogen-bond donors (Lipinski definition) is 1. The molecule has 1 aliphatic rings. The van der Waals surface area contributed by atoms with E-state index >= 15 is 0 Å². The van der Waals surface area contributed by atoms with Gasteiger partial charge in [0.05, 0.1) is 17.3 Å². The topological polar surface area (TPSA) is 62.8 Å². The van der Waals surface area contributed by atoms with Crippen LogP contribution in [0.1, 0.15) is 11.3 Å². The van der Waals surface area contributed by atoms with Crippen molar-refractivity contribution < 1.29 is 5.11 Å². The monoisotopic (exact) mass is 378 g/mol. The molecule has 0 spiro atoms. The first kappa shape index (κ1) is 17.1. The van der Waals surface area contributed by atoms with Gasteiger partial charge in [0.1, 0.15) is 11.5 Å². The Balaban J connectivity index is 1.62. The molecule has 0 radical (unpaired) electrons. The number of benzene rings is 3. The van der Waals surface area contributed by atoms with Crippen molar-refractivity contribution in [1.82, 2.24) is 9.55 Å². The van der Waals surface area contributed by atoms with Gasteiger partial charge in [-0.2, -0.15) is 0 Å². The van der Waals surface area contributed by atoms with Crippen LogP contribution in [0.3, 0.4) is 0 Å². The minimum atomic E-state index is 0.0987. The molecule has 0 amide bonds. The summed E-state index contributed by atoms with van der Waals surface area (Å²) in [5, 5.41) is 12.6. The number of para-hydroxylation sites is 2. The quantitative estimate of drug-likeness (QED) is 0.590. The lowest BCUT2D eigenvalue weighted by atomic mass is 10.2. The normalized spacial score (nSPS) is 12.2. The van der Waals surface area contributed by atoms with E-state index in [1.807, 2.05) is 89.5 Å². The van der Waals surface area contributed by atoms with Crippen LogP contribution in [0.2, 0.25) is 0 Å². The van der Waals surface area contributed by atoms with E-state index in [-0.39, 0.29) is 5.88 Å². The number of fused-ring (bicyclic) bond motifs is 1. The summed E-state index contributed by atoms with van der Waals surface area (Å²) in [6.07, 6.45) is 1.73. The van der Waals surface area contributed by atoms with Crippen LogP contribution in [-0.4, -0.2) is 14.7 Å². The summed E-state index contributed by atoms with van der Waals surface area (Å²) in [6, 6.07) is 27.6. The molecule has 5 nitrogen and oxygen atoms in total. The maximum Gasteiger partial charge on any atom is 0.219 e. The lowest BCUT2D eigenvalue weighted by Gasteiger charge is -2.09. The fraction of sp³-hybridized carbons (Fsp3) is 0.0417. The van der Waals surface area contributed by atoms with Crippen LogP contribution in [0.25, 0.3) is 17.5 Å². The molecule has 140 valence electrons. The van der Waals surface area contributed by atoms with Crippen LogP contribution in [-0.2, 0) is 6.54 Å². The van der Waals surface area contributed by atoms with Gasteiger partial charge in [-0.05, 0) is 17.7 Å². The van der Waals surface area contributed by atoms with E-state index in [4.69, 9.17) is 4.98 Å². The molecule has 1 aliphatic heterocycles. The first-order chi connectivity index (χ1) is 14.3. The molecular formula is C24H18N4O. The largest absolute Gasteiger partial charge is 0.493 e. The molecule has 5 rings (SSSR count). The van der Waals surface area contributed by atoms with Crippen molar-refractivity contribution in [2.45, 2.75) is 6.54 Å². The fourth-order valence-corrected chi connectivity index (χ4v) is 3.40. The number of imidazole rings is 1. The third kappa shape index (κ3) is 3.34. The zero-order chi connectivity index (χ0) is 19.6. The maximum absolute atomic E-state index is 11.0. The third-order valence-corrected chi connectivity index (χ3v) is 4.80. The lowest BCUT2D eigenvalue weighted by molar-refractivity contribution is 0.425. The Hall–Kier alpha value is -3.99. The van der Waals surface area contributed by atoms with Crippen LogP contribution < -0.4 is 10.7 Å². The Bertz CT molecular complexity index is 1290. The number of aromatic nitrogens is 2. The highest BCUT2D eigenvalue weighted by molar-refractivity contribution is 5.64. The predicted octanol–water partition coefficient (Wildman–Crippen LogP) is 3.56. The highest BCUT2D eigenvalue weighted by atomic mass is 16.3. The Labute approximate surface area is 167 Å². The molecule has 0 aliphatic carbocycles. The van der Waals surface area contributed by atoms with E-state index < -0.39 is 0 Å². The van der Waals surface area contributed by atoms with Crippen LogP contribution in [0.5, 0.6) is 5.88 Å². The summed E-state index contributed by atoms with van der Waals surface area (Å²) < 4.78 is 1.82. The van der Waals surface area contributed by atoms with E-state index in [0.717, 1.165) is 21.8 Å². The van der Waals surface area contributed by atoms with Crippen molar-refractivity contribution in [1.29, 1.82) is 0 Å². The maximum atomic E-state index is 11.0. The molecule has 29 heavy (non-hydrogen) atoms. The van der Waals surface area contributed by atoms with Gasteiger partial charge in [0.15, 0.2) is 5.82 Å². The van der Waals surface area contributed by atoms with Crippen molar-refractivity contribution in [2.75, 3.05) is 0 Å². The van der Waals surface area contributed by atoms with Gasteiger partial charge in [0.2, 0.25) is 5.88 Å². The van der Waals surface area contributed by atoms with Gasteiger partial charge >= 0.3 is 0 Å². The SMILES string of the molecule is Oc1c(C=C2N=c3ccccc3=N2)nc(-c2ccccc2)n1Cc1ccccc1. The van der Waals surface area contributed by atoms with Gasteiger partial charge in [0.25, 0.3) is 0 Å². The minimum absolute atomic E-state index is 0.0987. The van der Waals surface area contributed by atoms with Crippen LogP contribution in [0.4, 0.5) is 0 Å². The molecule has 0 saturated carbocycles. The van der Waals surface area contributed by atoms with Gasteiger partial charge < -0.3 is 5.11 Å². The highest BCUT2D eigenvalue weighted by Crippen LogP contribution is 2.30. The Kier molecular flexibility index (Phi) is 4.26. The Morgan fingerprint density at radius 1 is 0.759 bits per heavy atom. The highest BCUT2D eigenvalue weighted by Gasteiger charge is 2.18. The molecule has 1 aromatic heterocycles. The summed E-state index contributed by atoms with van der Waals surface area (Å²) in [4.78, 5) is 13.8. The second-order valence-corrected chi connectivity index (χ2v) is 6.80. The van der Waals surface area contributed by atoms with Gasteiger partial charge in [-0.1, -0.05) is 72.8 Å². The molecule has 0 bridgehead atoms. The fourth-order valence-electron chi connectivity index (χ4n) is 3.40. The summed E-state index contributed by atoms with van der Waals surface area (Å²) in [5.41, 5.74) is 2.47. The predicted molar refractivity (Wildman–Crippen MR) is 112 cm³/mol. The van der Waals surface area contributed by atoms with Crippen molar-refractivity contribution in [3.8, 4) is 17.3 Å². The minimum Gasteiger partial charge on any atom is -0.493 e. The average Bonchev–Trinajstić information content (AvgIpc) is 3.31. The zero-order valence-corrected chi connectivity index (χ0v) is 15.6. The van der Waals surface area contributed by atoms with Gasteiger partial charge in [-0.3, -0.25) is 4.57 Å². The second-order valence-electron chi connectivity index (χ2n) is 6.80. The van der Waals surface area contributed by atoms with E-state index in [1.54, 1.807) is 6.08 Å². The smallest absolute Gasteiger partial charge is 0.219 e. The number of aromatic hydroxyl groups is 1. The average molecular weight is 378 g/mol. The Morgan fingerprint density at radius 2 is 1.34 bits per heavy atom. The van der Waals surface area contributed by atoms with E-state index in [2.05, 4.69) is 9.98 Å². The molecule has 0 unspecified atom stereocenters. The summed E-state index contributed by atoms with van der Waals surface area (Å²) in [5.74, 6) is 1.33. The lowest BCUT2D eigenvalue weighted by Crippen LogP contribution is -2.19. The van der Waals surface area contributed by atoms with Crippen molar-refractivity contribution in [2.24, 2.45) is 9.98 Å². The molecule has 0 atom stereocenters. The van der Waals surface area contributed by atoms with Crippen LogP contribution in [0.15, 0.2) is 101 Å².